The van der Waals surface area contributed by atoms with Crippen LogP contribution in [0.5, 0.6) is 0 Å². The quantitative estimate of drug-likeness (QED) is 0.752. The van der Waals surface area contributed by atoms with Gasteiger partial charge in [0.25, 0.3) is 0 Å². The normalized spacial score (nSPS) is 9.80. The molecule has 1 aromatic heterocycles. The van der Waals surface area contributed by atoms with Crippen LogP contribution >= 0.6 is 0 Å². The highest BCUT2D eigenvalue weighted by atomic mass is 16.4. The number of aromatic amines is 1. The van der Waals surface area contributed by atoms with Crippen LogP contribution in [0, 0.1) is 5.92 Å². The summed E-state index contributed by atoms with van der Waals surface area (Å²) in [6.07, 6.45) is 1.95. The van der Waals surface area contributed by atoms with Crippen LogP contribution in [-0.4, -0.2) is 16.1 Å². The molecule has 0 saturated carbocycles. The summed E-state index contributed by atoms with van der Waals surface area (Å²) in [5.41, 5.74) is 1.21. The van der Waals surface area contributed by atoms with Gasteiger partial charge in [-0.05, 0) is 17.5 Å². The highest BCUT2D eigenvalue weighted by Crippen LogP contribution is 2.09. The van der Waals surface area contributed by atoms with Crippen LogP contribution < -0.4 is 0 Å². The predicted octanol–water partition coefficient (Wildman–Crippen LogP) is 2.89. The molecular weight excluding hydrogens is 190 g/mol. The number of hydrogen-bond donors (Lipinski definition) is 2. The summed E-state index contributed by atoms with van der Waals surface area (Å²) < 4.78 is 0. The number of fused-ring (bicyclic) bond motifs is 1. The van der Waals surface area contributed by atoms with E-state index in [1.54, 1.807) is 13.8 Å². The van der Waals surface area contributed by atoms with E-state index in [-0.39, 0.29) is 5.92 Å². The summed E-state index contributed by atoms with van der Waals surface area (Å²) in [4.78, 5) is 12.8. The van der Waals surface area contributed by atoms with E-state index < -0.39 is 5.97 Å². The lowest BCUT2D eigenvalue weighted by atomic mass is 10.2. The van der Waals surface area contributed by atoms with Crippen LogP contribution in [0.15, 0.2) is 36.5 Å². The SMILES string of the molecule is CC(C)C(=O)O.c1ccc2[nH]ccc2c1. The number of carboxylic acid groups (broad SMARTS) is 1. The minimum atomic E-state index is -0.741. The van der Waals surface area contributed by atoms with Crippen molar-refractivity contribution in [1.82, 2.24) is 4.98 Å². The number of carboxylic acids is 1. The van der Waals surface area contributed by atoms with Crippen molar-refractivity contribution in [3.05, 3.63) is 36.5 Å². The summed E-state index contributed by atoms with van der Waals surface area (Å²) >= 11 is 0. The summed E-state index contributed by atoms with van der Waals surface area (Å²) in [5, 5.41) is 9.27. The van der Waals surface area contributed by atoms with Crippen molar-refractivity contribution in [2.75, 3.05) is 0 Å². The average Bonchev–Trinajstić information content (AvgIpc) is 2.66. The number of aromatic nitrogens is 1. The van der Waals surface area contributed by atoms with E-state index in [0.29, 0.717) is 0 Å². The zero-order valence-electron chi connectivity index (χ0n) is 8.90. The molecule has 1 aromatic carbocycles. The molecule has 2 rings (SSSR count). The van der Waals surface area contributed by atoms with Crippen molar-refractivity contribution < 1.29 is 9.90 Å². The molecule has 2 N–H and O–H groups in total. The fourth-order valence-electron chi connectivity index (χ4n) is 0.995. The summed E-state index contributed by atoms with van der Waals surface area (Å²) in [7, 11) is 0. The number of para-hydroxylation sites is 1. The van der Waals surface area contributed by atoms with Crippen LogP contribution in [0.3, 0.4) is 0 Å². The molecule has 15 heavy (non-hydrogen) atoms. The highest BCUT2D eigenvalue weighted by Gasteiger charge is 1.99. The van der Waals surface area contributed by atoms with Gasteiger partial charge in [0, 0.05) is 11.7 Å². The van der Waals surface area contributed by atoms with Crippen molar-refractivity contribution in [1.29, 1.82) is 0 Å². The van der Waals surface area contributed by atoms with Crippen LogP contribution in [0.2, 0.25) is 0 Å². The van der Waals surface area contributed by atoms with Gasteiger partial charge in [0.2, 0.25) is 0 Å². The number of carbonyl (C=O) groups is 1. The van der Waals surface area contributed by atoms with E-state index in [2.05, 4.69) is 23.2 Å². The Hall–Kier alpha value is -1.77. The number of rotatable bonds is 1. The Morgan fingerprint density at radius 3 is 2.40 bits per heavy atom. The zero-order valence-corrected chi connectivity index (χ0v) is 8.90. The fraction of sp³-hybridized carbons (Fsp3) is 0.250. The molecule has 0 aliphatic rings. The molecule has 0 bridgehead atoms. The van der Waals surface area contributed by atoms with Crippen molar-refractivity contribution in [2.24, 2.45) is 5.92 Å². The molecule has 80 valence electrons. The van der Waals surface area contributed by atoms with Gasteiger partial charge in [-0.15, -0.1) is 0 Å². The topological polar surface area (TPSA) is 53.1 Å². The van der Waals surface area contributed by atoms with Gasteiger partial charge in [-0.1, -0.05) is 32.0 Å². The van der Waals surface area contributed by atoms with E-state index in [0.717, 1.165) is 0 Å². The van der Waals surface area contributed by atoms with E-state index in [9.17, 15) is 4.79 Å². The number of nitrogens with one attached hydrogen (secondary N) is 1. The first-order chi connectivity index (χ1) is 7.11. The Morgan fingerprint density at radius 1 is 1.27 bits per heavy atom. The molecule has 0 saturated heterocycles. The Labute approximate surface area is 88.7 Å². The lowest BCUT2D eigenvalue weighted by Crippen LogP contribution is -2.03. The molecule has 0 spiro atoms. The van der Waals surface area contributed by atoms with Gasteiger partial charge >= 0.3 is 5.97 Å². The molecule has 0 aliphatic heterocycles. The van der Waals surface area contributed by atoms with Crippen molar-refractivity contribution in [2.45, 2.75) is 13.8 Å². The molecule has 0 fully saturated rings. The number of aliphatic carboxylic acids is 1. The van der Waals surface area contributed by atoms with Crippen LogP contribution in [0.4, 0.5) is 0 Å². The molecule has 0 radical (unpaired) electrons. The third kappa shape index (κ3) is 3.46. The van der Waals surface area contributed by atoms with Gasteiger partial charge in [0.05, 0.1) is 5.92 Å². The monoisotopic (exact) mass is 205 g/mol. The first kappa shape index (κ1) is 11.3. The lowest BCUT2D eigenvalue weighted by molar-refractivity contribution is -0.140. The summed E-state index contributed by atoms with van der Waals surface area (Å²) in [5.74, 6) is -0.972. The number of hydrogen-bond acceptors (Lipinski definition) is 1. The number of benzene rings is 1. The molecule has 0 unspecified atom stereocenters. The Balaban J connectivity index is 0.000000167. The first-order valence-corrected chi connectivity index (χ1v) is 4.86. The highest BCUT2D eigenvalue weighted by molar-refractivity contribution is 5.78. The van der Waals surface area contributed by atoms with Crippen LogP contribution in [0.25, 0.3) is 10.9 Å². The van der Waals surface area contributed by atoms with Gasteiger partial charge in [-0.3, -0.25) is 4.79 Å². The molecule has 1 heterocycles. The van der Waals surface area contributed by atoms with Crippen molar-refractivity contribution in [3.8, 4) is 0 Å². The maximum Gasteiger partial charge on any atom is 0.305 e. The minimum absolute atomic E-state index is 0.231. The second kappa shape index (κ2) is 5.20. The summed E-state index contributed by atoms with van der Waals surface area (Å²) in [6, 6.07) is 10.3. The Bertz CT molecular complexity index is 402. The number of H-pyrrole nitrogens is 1. The maximum absolute atomic E-state index is 9.70. The second-order valence-corrected chi connectivity index (χ2v) is 3.56. The molecular formula is C12H15NO2. The van der Waals surface area contributed by atoms with Gasteiger partial charge in [-0.25, -0.2) is 0 Å². The average molecular weight is 205 g/mol. The van der Waals surface area contributed by atoms with Crippen LogP contribution in [-0.2, 0) is 4.79 Å². The lowest BCUT2D eigenvalue weighted by Gasteiger charge is -1.89. The second-order valence-electron chi connectivity index (χ2n) is 3.56. The Morgan fingerprint density at radius 2 is 1.87 bits per heavy atom. The Kier molecular flexibility index (Phi) is 3.92. The third-order valence-corrected chi connectivity index (χ3v) is 1.96. The maximum atomic E-state index is 9.70. The van der Waals surface area contributed by atoms with Crippen molar-refractivity contribution >= 4 is 16.9 Å². The van der Waals surface area contributed by atoms with E-state index in [4.69, 9.17) is 5.11 Å². The zero-order chi connectivity index (χ0) is 11.3. The fourth-order valence-corrected chi connectivity index (χ4v) is 0.995. The first-order valence-electron chi connectivity index (χ1n) is 4.86. The molecule has 0 atom stereocenters. The largest absolute Gasteiger partial charge is 0.481 e. The molecule has 3 heteroatoms. The van der Waals surface area contributed by atoms with E-state index >= 15 is 0 Å². The molecule has 3 nitrogen and oxygen atoms in total. The summed E-state index contributed by atoms with van der Waals surface area (Å²) in [6.45, 7) is 3.28. The van der Waals surface area contributed by atoms with Crippen molar-refractivity contribution in [3.63, 3.8) is 0 Å². The van der Waals surface area contributed by atoms with Gasteiger partial charge in [-0.2, -0.15) is 0 Å². The minimum Gasteiger partial charge on any atom is -0.481 e. The van der Waals surface area contributed by atoms with E-state index in [1.807, 2.05) is 18.3 Å². The molecule has 0 aliphatic carbocycles. The van der Waals surface area contributed by atoms with Gasteiger partial charge in [0.15, 0.2) is 0 Å². The predicted molar refractivity (Wildman–Crippen MR) is 60.8 cm³/mol. The smallest absolute Gasteiger partial charge is 0.305 e. The third-order valence-electron chi connectivity index (χ3n) is 1.96. The standard InChI is InChI=1S/C8H7N.C4H8O2/c1-2-4-8-7(3-1)5-6-9-8;1-3(2)4(5)6/h1-6,9H;3H,1-2H3,(H,5,6). The molecule has 0 amide bonds. The molecule has 2 aromatic rings. The van der Waals surface area contributed by atoms with Gasteiger partial charge in [0.1, 0.15) is 0 Å². The van der Waals surface area contributed by atoms with Gasteiger partial charge < -0.3 is 10.1 Å². The van der Waals surface area contributed by atoms with E-state index in [1.165, 1.54) is 10.9 Å². The van der Waals surface area contributed by atoms with Crippen LogP contribution in [0.1, 0.15) is 13.8 Å².